The Morgan fingerprint density at radius 2 is 1.79 bits per heavy atom. The summed E-state index contributed by atoms with van der Waals surface area (Å²) in [6, 6.07) is 14.6. The van der Waals surface area contributed by atoms with Crippen LogP contribution in [0.25, 0.3) is 0 Å². The fraction of sp³-hybridized carbons (Fsp3) is 0.333. The standard InChI is InChI=1S/C18H20FNO3S/c19-16-10-8-15(9-11-16)14-24(21,22)20(13-18-7-4-12-23-18)17-5-2-1-3-6-17/h1-3,5-6,8-11,18H,4,7,12-14H2. The monoisotopic (exact) mass is 349 g/mol. The summed E-state index contributed by atoms with van der Waals surface area (Å²) in [5.74, 6) is -0.551. The molecule has 1 saturated heterocycles. The quantitative estimate of drug-likeness (QED) is 0.803. The van der Waals surface area contributed by atoms with E-state index in [0.717, 1.165) is 12.8 Å². The van der Waals surface area contributed by atoms with Crippen LogP contribution in [0.3, 0.4) is 0 Å². The molecule has 1 aliphatic rings. The van der Waals surface area contributed by atoms with E-state index in [2.05, 4.69) is 0 Å². The number of nitrogens with zero attached hydrogens (tertiary/aromatic N) is 1. The molecule has 24 heavy (non-hydrogen) atoms. The van der Waals surface area contributed by atoms with Gasteiger partial charge in [-0.15, -0.1) is 0 Å². The van der Waals surface area contributed by atoms with Crippen LogP contribution in [0.4, 0.5) is 10.1 Å². The summed E-state index contributed by atoms with van der Waals surface area (Å²) >= 11 is 0. The fourth-order valence-corrected chi connectivity index (χ4v) is 4.42. The number of hydrogen-bond acceptors (Lipinski definition) is 3. The molecule has 1 heterocycles. The number of anilines is 1. The lowest BCUT2D eigenvalue weighted by molar-refractivity contribution is 0.118. The highest BCUT2D eigenvalue weighted by molar-refractivity contribution is 7.92. The van der Waals surface area contributed by atoms with Crippen LogP contribution in [0.5, 0.6) is 0 Å². The Kier molecular flexibility index (Phi) is 5.16. The molecule has 1 fully saturated rings. The van der Waals surface area contributed by atoms with Crippen molar-refractivity contribution in [2.24, 2.45) is 0 Å². The van der Waals surface area contributed by atoms with Crippen LogP contribution in [-0.2, 0) is 20.5 Å². The number of sulfonamides is 1. The Morgan fingerprint density at radius 3 is 2.42 bits per heavy atom. The van der Waals surface area contributed by atoms with Gasteiger partial charge in [0.1, 0.15) is 5.82 Å². The van der Waals surface area contributed by atoms with Crippen molar-refractivity contribution in [1.29, 1.82) is 0 Å². The van der Waals surface area contributed by atoms with Crippen LogP contribution in [0.2, 0.25) is 0 Å². The molecule has 128 valence electrons. The van der Waals surface area contributed by atoms with Gasteiger partial charge < -0.3 is 4.74 Å². The molecule has 0 amide bonds. The molecule has 2 aromatic carbocycles. The molecule has 0 N–H and O–H groups in total. The number of para-hydroxylation sites is 1. The fourth-order valence-electron chi connectivity index (χ4n) is 2.82. The molecule has 0 saturated carbocycles. The van der Waals surface area contributed by atoms with Gasteiger partial charge in [0.05, 0.1) is 24.1 Å². The molecule has 6 heteroatoms. The average Bonchev–Trinajstić information content (AvgIpc) is 3.08. The molecule has 3 rings (SSSR count). The molecular formula is C18H20FNO3S. The van der Waals surface area contributed by atoms with Crippen molar-refractivity contribution in [1.82, 2.24) is 0 Å². The summed E-state index contributed by atoms with van der Waals surface area (Å²) in [6.07, 6.45) is 1.72. The third-order valence-corrected chi connectivity index (χ3v) is 5.77. The molecule has 0 aliphatic carbocycles. The predicted octanol–water partition coefficient (Wildman–Crippen LogP) is 3.34. The topological polar surface area (TPSA) is 46.6 Å². The number of benzene rings is 2. The smallest absolute Gasteiger partial charge is 0.239 e. The van der Waals surface area contributed by atoms with Gasteiger partial charge in [0.2, 0.25) is 10.0 Å². The molecule has 0 radical (unpaired) electrons. The van der Waals surface area contributed by atoms with Crippen molar-refractivity contribution < 1.29 is 17.5 Å². The minimum Gasteiger partial charge on any atom is -0.376 e. The van der Waals surface area contributed by atoms with Crippen molar-refractivity contribution in [3.63, 3.8) is 0 Å². The number of halogens is 1. The molecule has 2 aromatic rings. The third-order valence-electron chi connectivity index (χ3n) is 4.04. The van der Waals surface area contributed by atoms with Crippen molar-refractivity contribution in [3.8, 4) is 0 Å². The predicted molar refractivity (Wildman–Crippen MR) is 91.8 cm³/mol. The summed E-state index contributed by atoms with van der Waals surface area (Å²) in [4.78, 5) is 0. The van der Waals surface area contributed by atoms with E-state index in [4.69, 9.17) is 4.74 Å². The van der Waals surface area contributed by atoms with Gasteiger partial charge in [-0.3, -0.25) is 4.31 Å². The van der Waals surface area contributed by atoms with Gasteiger partial charge >= 0.3 is 0 Å². The van der Waals surface area contributed by atoms with Crippen LogP contribution in [0, 0.1) is 5.82 Å². The second-order valence-corrected chi connectivity index (χ2v) is 7.78. The molecule has 0 spiro atoms. The maximum Gasteiger partial charge on any atom is 0.239 e. The summed E-state index contributed by atoms with van der Waals surface area (Å²) in [6.45, 7) is 0.971. The normalized spacial score (nSPS) is 17.8. The summed E-state index contributed by atoms with van der Waals surface area (Å²) in [7, 11) is -3.60. The van der Waals surface area contributed by atoms with Crippen molar-refractivity contribution in [3.05, 3.63) is 66.0 Å². The first-order valence-corrected chi connectivity index (χ1v) is 9.57. The van der Waals surface area contributed by atoms with Gasteiger partial charge in [0.15, 0.2) is 0 Å². The highest BCUT2D eigenvalue weighted by atomic mass is 32.2. The summed E-state index contributed by atoms with van der Waals surface area (Å²) in [5, 5.41) is 0. The Hall–Kier alpha value is -1.92. The lowest BCUT2D eigenvalue weighted by Gasteiger charge is -2.27. The Bertz CT molecular complexity index is 757. The highest BCUT2D eigenvalue weighted by Gasteiger charge is 2.28. The van der Waals surface area contributed by atoms with E-state index in [1.165, 1.54) is 28.6 Å². The summed E-state index contributed by atoms with van der Waals surface area (Å²) < 4.78 is 46.0. The molecular weight excluding hydrogens is 329 g/mol. The largest absolute Gasteiger partial charge is 0.376 e. The van der Waals surface area contributed by atoms with Gasteiger partial charge in [-0.25, -0.2) is 12.8 Å². The van der Waals surface area contributed by atoms with Gasteiger partial charge in [-0.05, 0) is 42.7 Å². The molecule has 0 bridgehead atoms. The average molecular weight is 349 g/mol. The van der Waals surface area contributed by atoms with Crippen molar-refractivity contribution >= 4 is 15.7 Å². The van der Waals surface area contributed by atoms with E-state index in [1.54, 1.807) is 12.1 Å². The molecule has 1 atom stereocenters. The van der Waals surface area contributed by atoms with E-state index in [9.17, 15) is 12.8 Å². The second-order valence-electron chi connectivity index (χ2n) is 5.88. The highest BCUT2D eigenvalue weighted by Crippen LogP contribution is 2.24. The Labute approximate surface area is 141 Å². The molecule has 1 unspecified atom stereocenters. The molecule has 4 nitrogen and oxygen atoms in total. The zero-order valence-electron chi connectivity index (χ0n) is 13.3. The lowest BCUT2D eigenvalue weighted by Crippen LogP contribution is -2.38. The minimum absolute atomic E-state index is 0.0896. The van der Waals surface area contributed by atoms with E-state index < -0.39 is 10.0 Å². The number of rotatable bonds is 6. The maximum absolute atomic E-state index is 13.0. The van der Waals surface area contributed by atoms with E-state index in [1.807, 2.05) is 18.2 Å². The molecule has 1 aliphatic heterocycles. The van der Waals surface area contributed by atoms with Crippen LogP contribution in [0.1, 0.15) is 18.4 Å². The van der Waals surface area contributed by atoms with Crippen molar-refractivity contribution in [2.75, 3.05) is 17.5 Å². The maximum atomic E-state index is 13.0. The Balaban J connectivity index is 1.86. The van der Waals surface area contributed by atoms with Crippen LogP contribution >= 0.6 is 0 Å². The number of ether oxygens (including phenoxy) is 1. The summed E-state index contributed by atoms with van der Waals surface area (Å²) in [5.41, 5.74) is 1.18. The zero-order chi connectivity index (χ0) is 17.0. The third kappa shape index (κ3) is 4.13. The SMILES string of the molecule is O=S(=O)(Cc1ccc(F)cc1)N(CC1CCCO1)c1ccccc1. The molecule has 0 aromatic heterocycles. The first kappa shape index (κ1) is 16.9. The first-order valence-electron chi connectivity index (χ1n) is 7.96. The van der Waals surface area contributed by atoms with Crippen LogP contribution in [0.15, 0.2) is 54.6 Å². The number of hydrogen-bond donors (Lipinski definition) is 0. The van der Waals surface area contributed by atoms with Crippen LogP contribution in [-0.4, -0.2) is 27.7 Å². The first-order chi connectivity index (χ1) is 11.5. The van der Waals surface area contributed by atoms with Gasteiger partial charge in [0, 0.05) is 6.61 Å². The Morgan fingerprint density at radius 1 is 1.08 bits per heavy atom. The minimum atomic E-state index is -3.60. The van der Waals surface area contributed by atoms with Crippen LogP contribution < -0.4 is 4.31 Å². The van der Waals surface area contributed by atoms with E-state index in [0.29, 0.717) is 24.4 Å². The van der Waals surface area contributed by atoms with Gasteiger partial charge in [-0.1, -0.05) is 30.3 Å². The second kappa shape index (κ2) is 7.32. The lowest BCUT2D eigenvalue weighted by atomic mass is 10.2. The van der Waals surface area contributed by atoms with E-state index in [-0.39, 0.29) is 17.7 Å². The van der Waals surface area contributed by atoms with Gasteiger partial charge in [-0.2, -0.15) is 0 Å². The van der Waals surface area contributed by atoms with Gasteiger partial charge in [0.25, 0.3) is 0 Å². The zero-order valence-corrected chi connectivity index (χ0v) is 14.1. The van der Waals surface area contributed by atoms with E-state index >= 15 is 0 Å². The van der Waals surface area contributed by atoms with Crippen molar-refractivity contribution in [2.45, 2.75) is 24.7 Å².